The molecule has 1 aliphatic rings. The lowest BCUT2D eigenvalue weighted by Gasteiger charge is -2.41. The highest BCUT2D eigenvalue weighted by molar-refractivity contribution is 6.08. The van der Waals surface area contributed by atoms with E-state index in [9.17, 15) is 9.59 Å². The summed E-state index contributed by atoms with van der Waals surface area (Å²) in [5.41, 5.74) is 1.50. The minimum absolute atomic E-state index is 0.0359. The molecule has 21 heavy (non-hydrogen) atoms. The quantitative estimate of drug-likeness (QED) is 0.922. The molecular weight excluding hydrogens is 266 g/mol. The van der Waals surface area contributed by atoms with Crippen molar-refractivity contribution in [3.63, 3.8) is 0 Å². The Morgan fingerprint density at radius 1 is 1.38 bits per heavy atom. The van der Waals surface area contributed by atoms with Crippen molar-refractivity contribution in [2.75, 3.05) is 4.90 Å². The summed E-state index contributed by atoms with van der Waals surface area (Å²) in [6.07, 6.45) is 3.20. The third-order valence-corrected chi connectivity index (χ3v) is 3.85. The Bertz CT molecular complexity index is 542. The zero-order chi connectivity index (χ0) is 15.6. The van der Waals surface area contributed by atoms with Crippen LogP contribution in [0.1, 0.15) is 39.3 Å². The number of hydrogen-bond acceptors (Lipinski definition) is 3. The SMILES string of the molecule is CCCC1NC(=O)C(C(C)C)N(c2cccnc2C)C1=O. The first-order valence-corrected chi connectivity index (χ1v) is 7.52. The third-order valence-electron chi connectivity index (χ3n) is 3.85. The maximum absolute atomic E-state index is 12.8. The Kier molecular flexibility index (Phi) is 4.60. The Hall–Kier alpha value is -1.91. The standard InChI is InChI=1S/C16H23N3O2/c1-5-7-12-16(21)19(13-8-6-9-17-11(13)4)14(10(2)3)15(20)18-12/h6,8-10,12,14H,5,7H2,1-4H3,(H,18,20). The number of nitrogens with one attached hydrogen (secondary N) is 1. The van der Waals surface area contributed by atoms with Crippen LogP contribution in [0.5, 0.6) is 0 Å². The van der Waals surface area contributed by atoms with Crippen LogP contribution in [0.2, 0.25) is 0 Å². The molecule has 1 saturated heterocycles. The average Bonchev–Trinajstić information content (AvgIpc) is 2.43. The highest BCUT2D eigenvalue weighted by Gasteiger charge is 2.42. The maximum Gasteiger partial charge on any atom is 0.250 e. The lowest BCUT2D eigenvalue weighted by molar-refractivity contribution is -0.135. The molecule has 0 saturated carbocycles. The van der Waals surface area contributed by atoms with E-state index in [1.165, 1.54) is 0 Å². The smallest absolute Gasteiger partial charge is 0.250 e. The number of carbonyl (C=O) groups excluding carboxylic acids is 2. The molecule has 1 N–H and O–H groups in total. The van der Waals surface area contributed by atoms with Crippen LogP contribution in [-0.2, 0) is 9.59 Å². The van der Waals surface area contributed by atoms with Gasteiger partial charge < -0.3 is 5.32 Å². The molecule has 5 nitrogen and oxygen atoms in total. The van der Waals surface area contributed by atoms with Crippen LogP contribution in [0.3, 0.4) is 0 Å². The summed E-state index contributed by atoms with van der Waals surface area (Å²) in [5.74, 6) is -0.0753. The molecule has 1 aliphatic heterocycles. The number of carbonyl (C=O) groups is 2. The van der Waals surface area contributed by atoms with Crippen LogP contribution in [0.25, 0.3) is 0 Å². The third kappa shape index (κ3) is 2.91. The first-order chi connectivity index (χ1) is 9.97. The normalized spacial score (nSPS) is 22.6. The number of amides is 2. The summed E-state index contributed by atoms with van der Waals surface area (Å²) in [5, 5.41) is 2.87. The number of hydrogen-bond donors (Lipinski definition) is 1. The monoisotopic (exact) mass is 289 g/mol. The fraction of sp³-hybridized carbons (Fsp3) is 0.562. The number of rotatable bonds is 4. The molecule has 1 aromatic rings. The maximum atomic E-state index is 12.8. The zero-order valence-corrected chi connectivity index (χ0v) is 13.1. The van der Waals surface area contributed by atoms with Crippen molar-refractivity contribution in [1.82, 2.24) is 10.3 Å². The number of aryl methyl sites for hydroxylation is 1. The Labute approximate surface area is 125 Å². The lowest BCUT2D eigenvalue weighted by Crippen LogP contribution is -2.65. The molecule has 2 atom stereocenters. The molecule has 2 heterocycles. The number of piperazine rings is 1. The van der Waals surface area contributed by atoms with Gasteiger partial charge in [-0.2, -0.15) is 0 Å². The van der Waals surface area contributed by atoms with Crippen molar-refractivity contribution in [3.8, 4) is 0 Å². The second-order valence-electron chi connectivity index (χ2n) is 5.85. The van der Waals surface area contributed by atoms with Crippen LogP contribution in [0.4, 0.5) is 5.69 Å². The largest absolute Gasteiger partial charge is 0.342 e. The molecule has 0 aromatic carbocycles. The molecule has 2 rings (SSSR count). The zero-order valence-electron chi connectivity index (χ0n) is 13.1. The van der Waals surface area contributed by atoms with Gasteiger partial charge in [-0.3, -0.25) is 19.5 Å². The van der Waals surface area contributed by atoms with Gasteiger partial charge in [0.25, 0.3) is 0 Å². The first kappa shape index (κ1) is 15.5. The van der Waals surface area contributed by atoms with Gasteiger partial charge in [0.05, 0.1) is 11.4 Å². The molecule has 2 amide bonds. The van der Waals surface area contributed by atoms with E-state index in [0.717, 1.165) is 17.8 Å². The molecule has 1 aromatic heterocycles. The second kappa shape index (κ2) is 6.24. The molecule has 1 fully saturated rings. The minimum Gasteiger partial charge on any atom is -0.342 e. The fourth-order valence-corrected chi connectivity index (χ4v) is 2.83. The van der Waals surface area contributed by atoms with Crippen molar-refractivity contribution in [1.29, 1.82) is 0 Å². The van der Waals surface area contributed by atoms with Crippen molar-refractivity contribution < 1.29 is 9.59 Å². The summed E-state index contributed by atoms with van der Waals surface area (Å²) in [4.78, 5) is 31.1. The van der Waals surface area contributed by atoms with E-state index in [1.54, 1.807) is 17.2 Å². The van der Waals surface area contributed by atoms with Crippen molar-refractivity contribution >= 4 is 17.5 Å². The molecule has 5 heteroatoms. The molecule has 114 valence electrons. The second-order valence-corrected chi connectivity index (χ2v) is 5.85. The molecule has 2 unspecified atom stereocenters. The van der Waals surface area contributed by atoms with E-state index < -0.39 is 12.1 Å². The van der Waals surface area contributed by atoms with Crippen molar-refractivity contribution in [2.45, 2.75) is 52.6 Å². The molecule has 0 bridgehead atoms. The first-order valence-electron chi connectivity index (χ1n) is 7.52. The van der Waals surface area contributed by atoms with E-state index in [2.05, 4.69) is 10.3 Å². The van der Waals surface area contributed by atoms with E-state index >= 15 is 0 Å². The topological polar surface area (TPSA) is 62.3 Å². The van der Waals surface area contributed by atoms with Gasteiger partial charge in [-0.05, 0) is 31.4 Å². The predicted octanol–water partition coefficient (Wildman–Crippen LogP) is 2.05. The fourth-order valence-electron chi connectivity index (χ4n) is 2.83. The lowest BCUT2D eigenvalue weighted by atomic mass is 9.94. The number of anilines is 1. The number of nitrogens with zero attached hydrogens (tertiary/aromatic N) is 2. The number of aromatic nitrogens is 1. The van der Waals surface area contributed by atoms with E-state index in [1.807, 2.05) is 33.8 Å². The predicted molar refractivity (Wildman–Crippen MR) is 81.9 cm³/mol. The van der Waals surface area contributed by atoms with Gasteiger partial charge in [-0.15, -0.1) is 0 Å². The summed E-state index contributed by atoms with van der Waals surface area (Å²) in [6.45, 7) is 7.78. The van der Waals surface area contributed by atoms with Gasteiger partial charge in [0, 0.05) is 6.20 Å². The average molecular weight is 289 g/mol. The molecule has 0 radical (unpaired) electrons. The molecule has 0 spiro atoms. The van der Waals surface area contributed by atoms with E-state index in [4.69, 9.17) is 0 Å². The molecule has 0 aliphatic carbocycles. The summed E-state index contributed by atoms with van der Waals surface area (Å²) < 4.78 is 0. The Morgan fingerprint density at radius 2 is 2.10 bits per heavy atom. The van der Waals surface area contributed by atoms with Crippen LogP contribution in [-0.4, -0.2) is 28.9 Å². The van der Waals surface area contributed by atoms with Gasteiger partial charge in [-0.1, -0.05) is 27.2 Å². The van der Waals surface area contributed by atoms with Crippen LogP contribution in [0, 0.1) is 12.8 Å². The Balaban J connectivity index is 2.46. The van der Waals surface area contributed by atoms with E-state index in [-0.39, 0.29) is 17.7 Å². The van der Waals surface area contributed by atoms with Crippen LogP contribution in [0.15, 0.2) is 18.3 Å². The van der Waals surface area contributed by atoms with Gasteiger partial charge >= 0.3 is 0 Å². The summed E-state index contributed by atoms with van der Waals surface area (Å²) >= 11 is 0. The van der Waals surface area contributed by atoms with Crippen molar-refractivity contribution in [3.05, 3.63) is 24.0 Å². The van der Waals surface area contributed by atoms with Gasteiger partial charge in [0.2, 0.25) is 11.8 Å². The van der Waals surface area contributed by atoms with Gasteiger partial charge in [0.1, 0.15) is 12.1 Å². The number of pyridine rings is 1. The van der Waals surface area contributed by atoms with Crippen molar-refractivity contribution in [2.24, 2.45) is 5.92 Å². The summed E-state index contributed by atoms with van der Waals surface area (Å²) in [7, 11) is 0. The van der Waals surface area contributed by atoms with Crippen LogP contribution < -0.4 is 10.2 Å². The Morgan fingerprint density at radius 3 is 2.67 bits per heavy atom. The van der Waals surface area contributed by atoms with Gasteiger partial charge in [0.15, 0.2) is 0 Å². The highest BCUT2D eigenvalue weighted by atomic mass is 16.2. The minimum atomic E-state index is -0.478. The van der Waals surface area contributed by atoms with Gasteiger partial charge in [-0.25, -0.2) is 0 Å². The summed E-state index contributed by atoms with van der Waals surface area (Å²) in [6, 6.07) is 2.75. The molecular formula is C16H23N3O2. The highest BCUT2D eigenvalue weighted by Crippen LogP contribution is 2.28. The van der Waals surface area contributed by atoms with Crippen LogP contribution >= 0.6 is 0 Å². The van der Waals surface area contributed by atoms with E-state index in [0.29, 0.717) is 6.42 Å².